The van der Waals surface area contributed by atoms with Crippen LogP contribution in [0.3, 0.4) is 0 Å². The number of piperazine rings is 1. The van der Waals surface area contributed by atoms with Crippen LogP contribution in [0.2, 0.25) is 0 Å². The summed E-state index contributed by atoms with van der Waals surface area (Å²) < 4.78 is 18.4. The van der Waals surface area contributed by atoms with Crippen molar-refractivity contribution < 1.29 is 18.4 Å². The molecule has 160 valence electrons. The summed E-state index contributed by atoms with van der Waals surface area (Å²) in [6.45, 7) is 3.28. The Morgan fingerprint density at radius 3 is 2.45 bits per heavy atom. The number of amides is 2. The molecule has 1 aromatic carbocycles. The molecule has 5 rings (SSSR count). The molecule has 4 heterocycles. The largest absolute Gasteiger partial charge is 0.459 e. The fourth-order valence-corrected chi connectivity index (χ4v) is 4.17. The van der Waals surface area contributed by atoms with E-state index < -0.39 is 0 Å². The third-order valence-corrected chi connectivity index (χ3v) is 5.91. The van der Waals surface area contributed by atoms with Gasteiger partial charge >= 0.3 is 0 Å². The van der Waals surface area contributed by atoms with Gasteiger partial charge in [-0.05, 0) is 36.4 Å². The van der Waals surface area contributed by atoms with E-state index in [4.69, 9.17) is 4.42 Å². The first-order valence-corrected chi connectivity index (χ1v) is 10.3. The Kier molecular flexibility index (Phi) is 4.93. The molecule has 0 unspecified atom stereocenters. The van der Waals surface area contributed by atoms with E-state index in [0.717, 1.165) is 16.9 Å². The van der Waals surface area contributed by atoms with Gasteiger partial charge in [0.1, 0.15) is 5.82 Å². The molecule has 1 N–H and O–H groups in total. The van der Waals surface area contributed by atoms with Crippen molar-refractivity contribution in [2.75, 3.05) is 37.6 Å². The van der Waals surface area contributed by atoms with Crippen LogP contribution in [0.15, 0.2) is 47.1 Å². The number of rotatable bonds is 3. The highest BCUT2D eigenvalue weighted by Gasteiger charge is 2.32. The van der Waals surface area contributed by atoms with Crippen LogP contribution in [0.25, 0.3) is 0 Å². The molecular formula is C22H22FN5O3. The Morgan fingerprint density at radius 2 is 1.74 bits per heavy atom. The predicted octanol–water partition coefficient (Wildman–Crippen LogP) is 2.30. The topological polar surface area (TPSA) is 85.7 Å². The van der Waals surface area contributed by atoms with Crippen LogP contribution in [0.4, 0.5) is 10.1 Å². The van der Waals surface area contributed by atoms with Gasteiger partial charge in [-0.25, -0.2) is 4.39 Å². The molecule has 2 amide bonds. The van der Waals surface area contributed by atoms with Crippen molar-refractivity contribution in [1.29, 1.82) is 0 Å². The number of furan rings is 1. The van der Waals surface area contributed by atoms with Crippen LogP contribution in [0.1, 0.15) is 32.3 Å². The zero-order chi connectivity index (χ0) is 21.4. The molecule has 0 spiro atoms. The number of nitrogens with one attached hydrogen (secondary N) is 1. The molecule has 0 radical (unpaired) electrons. The van der Waals surface area contributed by atoms with Gasteiger partial charge in [0, 0.05) is 56.1 Å². The first-order chi connectivity index (χ1) is 15.1. The Bertz CT molecular complexity index is 1090. The molecule has 1 saturated heterocycles. The minimum atomic E-state index is -0.263. The molecule has 0 bridgehead atoms. The second-order valence-electron chi connectivity index (χ2n) is 7.74. The van der Waals surface area contributed by atoms with Gasteiger partial charge in [-0.3, -0.25) is 14.7 Å². The quantitative estimate of drug-likeness (QED) is 0.699. The van der Waals surface area contributed by atoms with Crippen molar-refractivity contribution in [1.82, 2.24) is 20.0 Å². The van der Waals surface area contributed by atoms with E-state index in [1.807, 2.05) is 0 Å². The molecule has 2 aliphatic heterocycles. The van der Waals surface area contributed by atoms with Crippen molar-refractivity contribution in [2.45, 2.75) is 13.0 Å². The van der Waals surface area contributed by atoms with Crippen LogP contribution in [-0.4, -0.2) is 64.5 Å². The van der Waals surface area contributed by atoms with E-state index in [1.54, 1.807) is 34.1 Å². The number of aromatic amines is 1. The second kappa shape index (κ2) is 7.90. The molecule has 2 aromatic heterocycles. The van der Waals surface area contributed by atoms with Gasteiger partial charge in [-0.15, -0.1) is 0 Å². The molecule has 0 saturated carbocycles. The van der Waals surface area contributed by atoms with Crippen molar-refractivity contribution in [3.05, 3.63) is 71.2 Å². The lowest BCUT2D eigenvalue weighted by atomic mass is 10.0. The van der Waals surface area contributed by atoms with Gasteiger partial charge in [0.05, 0.1) is 12.8 Å². The summed E-state index contributed by atoms with van der Waals surface area (Å²) in [7, 11) is 0. The summed E-state index contributed by atoms with van der Waals surface area (Å²) in [5, 5.41) is 7.26. The van der Waals surface area contributed by atoms with E-state index in [-0.39, 0.29) is 23.4 Å². The first-order valence-electron chi connectivity index (χ1n) is 10.3. The molecular weight excluding hydrogens is 401 g/mol. The van der Waals surface area contributed by atoms with Gasteiger partial charge < -0.3 is 19.1 Å². The normalized spacial score (nSPS) is 16.4. The number of benzene rings is 1. The average molecular weight is 423 g/mol. The maximum atomic E-state index is 13.2. The molecule has 0 atom stereocenters. The number of nitrogens with zero attached hydrogens (tertiary/aromatic N) is 4. The number of aromatic nitrogens is 2. The Hall–Kier alpha value is -3.62. The fourth-order valence-electron chi connectivity index (χ4n) is 4.17. The Morgan fingerprint density at radius 1 is 0.968 bits per heavy atom. The monoisotopic (exact) mass is 423 g/mol. The molecule has 31 heavy (non-hydrogen) atoms. The van der Waals surface area contributed by atoms with Crippen molar-refractivity contribution >= 4 is 17.5 Å². The third kappa shape index (κ3) is 3.67. The summed E-state index contributed by atoms with van der Waals surface area (Å²) >= 11 is 0. The van der Waals surface area contributed by atoms with Crippen molar-refractivity contribution in [3.8, 4) is 0 Å². The molecule has 1 fully saturated rings. The highest BCUT2D eigenvalue weighted by atomic mass is 19.1. The van der Waals surface area contributed by atoms with Crippen LogP contribution in [-0.2, 0) is 13.0 Å². The standard InChI is InChI=1S/C22H22FN5O3/c23-15-3-5-16(6-4-15)26-9-11-27(12-10-26)22(30)20-17-14-28(8-7-18(17)24-25-20)21(29)19-2-1-13-31-19/h1-6,13H,7-12,14H2,(H,24,25). The molecule has 0 aliphatic carbocycles. The van der Waals surface area contributed by atoms with E-state index in [2.05, 4.69) is 15.1 Å². The van der Waals surface area contributed by atoms with Crippen molar-refractivity contribution in [3.63, 3.8) is 0 Å². The van der Waals surface area contributed by atoms with Gasteiger partial charge in [0.15, 0.2) is 11.5 Å². The Balaban J connectivity index is 1.27. The third-order valence-electron chi connectivity index (χ3n) is 5.91. The number of carbonyl (C=O) groups is 2. The van der Waals surface area contributed by atoms with E-state index in [0.29, 0.717) is 51.4 Å². The van der Waals surface area contributed by atoms with E-state index in [9.17, 15) is 14.0 Å². The van der Waals surface area contributed by atoms with Crippen LogP contribution >= 0.6 is 0 Å². The summed E-state index contributed by atoms with van der Waals surface area (Å²) in [4.78, 5) is 31.4. The van der Waals surface area contributed by atoms with Gasteiger partial charge in [0.2, 0.25) is 0 Å². The summed E-state index contributed by atoms with van der Waals surface area (Å²) in [6, 6.07) is 9.71. The highest BCUT2D eigenvalue weighted by Crippen LogP contribution is 2.24. The number of halogens is 1. The summed E-state index contributed by atoms with van der Waals surface area (Å²) in [5.74, 6) is -0.302. The number of H-pyrrole nitrogens is 1. The summed E-state index contributed by atoms with van der Waals surface area (Å²) in [6.07, 6.45) is 2.08. The predicted molar refractivity (Wildman–Crippen MR) is 110 cm³/mol. The zero-order valence-corrected chi connectivity index (χ0v) is 16.9. The van der Waals surface area contributed by atoms with E-state index in [1.165, 1.54) is 18.4 Å². The van der Waals surface area contributed by atoms with Crippen LogP contribution in [0, 0.1) is 5.82 Å². The van der Waals surface area contributed by atoms with Crippen LogP contribution < -0.4 is 4.90 Å². The molecule has 2 aliphatic rings. The summed E-state index contributed by atoms with van der Waals surface area (Å²) in [5.41, 5.74) is 2.99. The number of hydrogen-bond acceptors (Lipinski definition) is 5. The molecule has 3 aromatic rings. The average Bonchev–Trinajstić information content (AvgIpc) is 3.49. The maximum absolute atomic E-state index is 13.2. The number of anilines is 1. The zero-order valence-electron chi connectivity index (χ0n) is 16.9. The molecule has 9 heteroatoms. The van der Waals surface area contributed by atoms with Gasteiger partial charge in [-0.2, -0.15) is 5.10 Å². The lowest BCUT2D eigenvalue weighted by Gasteiger charge is -2.36. The van der Waals surface area contributed by atoms with Gasteiger partial charge in [0.25, 0.3) is 11.8 Å². The number of fused-ring (bicyclic) bond motifs is 1. The Labute approximate surface area is 178 Å². The fraction of sp³-hybridized carbons (Fsp3) is 0.318. The minimum Gasteiger partial charge on any atom is -0.459 e. The first kappa shape index (κ1) is 19.3. The number of carbonyl (C=O) groups excluding carboxylic acids is 2. The smallest absolute Gasteiger partial charge is 0.289 e. The minimum absolute atomic E-state index is 0.136. The van der Waals surface area contributed by atoms with E-state index >= 15 is 0 Å². The van der Waals surface area contributed by atoms with Crippen molar-refractivity contribution in [2.24, 2.45) is 0 Å². The van der Waals surface area contributed by atoms with Gasteiger partial charge in [-0.1, -0.05) is 0 Å². The highest BCUT2D eigenvalue weighted by molar-refractivity contribution is 5.95. The lowest BCUT2D eigenvalue weighted by Crippen LogP contribution is -2.49. The van der Waals surface area contributed by atoms with Crippen LogP contribution in [0.5, 0.6) is 0 Å². The number of hydrogen-bond donors (Lipinski definition) is 1. The maximum Gasteiger partial charge on any atom is 0.289 e. The second-order valence-corrected chi connectivity index (χ2v) is 7.74. The lowest BCUT2D eigenvalue weighted by molar-refractivity contribution is 0.0688. The molecule has 8 nitrogen and oxygen atoms in total. The SMILES string of the molecule is O=C(c1ccco1)N1CCc2[nH]nc(C(=O)N3CCN(c4ccc(F)cc4)CC3)c2C1.